The van der Waals surface area contributed by atoms with E-state index in [1.54, 1.807) is 0 Å². The first-order valence-electron chi connectivity index (χ1n) is 6.43. The molecule has 1 aromatic carbocycles. The molecule has 0 unspecified atom stereocenters. The van der Waals surface area contributed by atoms with Gasteiger partial charge in [-0.1, -0.05) is 48.7 Å². The summed E-state index contributed by atoms with van der Waals surface area (Å²) in [5.74, 6) is 0. The summed E-state index contributed by atoms with van der Waals surface area (Å²) < 4.78 is 0. The third kappa shape index (κ3) is 4.06. The quantitative estimate of drug-likeness (QED) is 0.650. The Morgan fingerprint density at radius 2 is 2.05 bits per heavy atom. The summed E-state index contributed by atoms with van der Waals surface area (Å²) in [6.45, 7) is 2.06. The Morgan fingerprint density at radius 3 is 2.71 bits per heavy atom. The Kier molecular flexibility index (Phi) is 5.36. The molecule has 5 nitrogen and oxygen atoms in total. The molecule has 1 heterocycles. The van der Waals surface area contributed by atoms with Crippen LogP contribution in [0.5, 0.6) is 0 Å². The Morgan fingerprint density at radius 1 is 1.33 bits per heavy atom. The SMILES string of the molecule is CCC/C(=N/Nc1cn[nH]c(=O)c1Cl)c1ccc(Cl)cc1. The van der Waals surface area contributed by atoms with Crippen LogP contribution >= 0.6 is 23.2 Å². The Bertz CT molecular complexity index is 695. The summed E-state index contributed by atoms with van der Waals surface area (Å²) in [5.41, 5.74) is 4.51. The molecule has 0 amide bonds. The monoisotopic (exact) mass is 324 g/mol. The van der Waals surface area contributed by atoms with Gasteiger partial charge in [-0.05, 0) is 24.1 Å². The fraction of sp³-hybridized carbons (Fsp3) is 0.214. The first-order valence-corrected chi connectivity index (χ1v) is 7.19. The zero-order chi connectivity index (χ0) is 15.2. The molecule has 0 fully saturated rings. The average molecular weight is 325 g/mol. The Labute approximate surface area is 132 Å². The molecule has 2 N–H and O–H groups in total. The summed E-state index contributed by atoms with van der Waals surface area (Å²) >= 11 is 11.8. The number of halogens is 2. The lowest BCUT2D eigenvalue weighted by Gasteiger charge is -2.07. The van der Waals surface area contributed by atoms with Crippen LogP contribution in [0, 0.1) is 0 Å². The van der Waals surface area contributed by atoms with E-state index in [9.17, 15) is 4.79 Å². The predicted octanol–water partition coefficient (Wildman–Crippen LogP) is 3.69. The molecule has 0 saturated heterocycles. The minimum Gasteiger partial charge on any atom is -0.275 e. The molecule has 2 aromatic rings. The van der Waals surface area contributed by atoms with Crippen LogP contribution in [0.2, 0.25) is 10.0 Å². The van der Waals surface area contributed by atoms with Crippen molar-refractivity contribution in [3.05, 3.63) is 56.4 Å². The highest BCUT2D eigenvalue weighted by atomic mass is 35.5. The highest BCUT2D eigenvalue weighted by Gasteiger charge is 2.06. The van der Waals surface area contributed by atoms with E-state index in [1.807, 2.05) is 24.3 Å². The van der Waals surface area contributed by atoms with Gasteiger partial charge in [0.1, 0.15) is 10.7 Å². The van der Waals surface area contributed by atoms with E-state index < -0.39 is 5.56 Å². The number of hydrogen-bond donors (Lipinski definition) is 2. The van der Waals surface area contributed by atoms with Gasteiger partial charge in [-0.15, -0.1) is 0 Å². The summed E-state index contributed by atoms with van der Waals surface area (Å²) in [6, 6.07) is 7.42. The van der Waals surface area contributed by atoms with E-state index in [0.717, 1.165) is 24.1 Å². The van der Waals surface area contributed by atoms with Crippen LogP contribution in [0.25, 0.3) is 0 Å². The van der Waals surface area contributed by atoms with Crippen LogP contribution in [0.4, 0.5) is 5.69 Å². The zero-order valence-corrected chi connectivity index (χ0v) is 12.9. The van der Waals surface area contributed by atoms with Crippen LogP contribution in [0.3, 0.4) is 0 Å². The minimum atomic E-state index is -0.458. The molecule has 0 aliphatic rings. The molecular weight excluding hydrogens is 311 g/mol. The van der Waals surface area contributed by atoms with E-state index >= 15 is 0 Å². The topological polar surface area (TPSA) is 70.1 Å². The Hall–Kier alpha value is -1.85. The molecule has 0 aliphatic carbocycles. The molecule has 21 heavy (non-hydrogen) atoms. The standard InChI is InChI=1S/C14H14Cl2N4O/c1-2-3-11(9-4-6-10(15)7-5-9)18-19-12-8-17-20-14(21)13(12)16/h4-8H,2-3H2,1H3,(H2,19,20,21)/b18-11-. The van der Waals surface area contributed by atoms with Gasteiger partial charge in [-0.2, -0.15) is 10.2 Å². The summed E-state index contributed by atoms with van der Waals surface area (Å²) in [5, 5.41) is 11.0. The van der Waals surface area contributed by atoms with Crippen molar-refractivity contribution in [1.29, 1.82) is 0 Å². The van der Waals surface area contributed by atoms with Gasteiger partial charge in [-0.3, -0.25) is 10.2 Å². The molecule has 7 heteroatoms. The fourth-order valence-corrected chi connectivity index (χ4v) is 1.99. The van der Waals surface area contributed by atoms with Crippen molar-refractivity contribution in [3.63, 3.8) is 0 Å². The molecular formula is C14H14Cl2N4O. The molecule has 2 rings (SSSR count). The Balaban J connectivity index is 2.27. The lowest BCUT2D eigenvalue weighted by atomic mass is 10.1. The lowest BCUT2D eigenvalue weighted by Crippen LogP contribution is -2.11. The number of anilines is 1. The number of nitrogens with zero attached hydrogens (tertiary/aromatic N) is 2. The summed E-state index contributed by atoms with van der Waals surface area (Å²) in [6.07, 6.45) is 3.13. The number of nitrogens with one attached hydrogen (secondary N) is 2. The molecule has 0 bridgehead atoms. The van der Waals surface area contributed by atoms with Gasteiger partial charge in [0.2, 0.25) is 0 Å². The number of aromatic amines is 1. The van der Waals surface area contributed by atoms with Crippen molar-refractivity contribution in [1.82, 2.24) is 10.2 Å². The maximum absolute atomic E-state index is 11.4. The molecule has 0 spiro atoms. The summed E-state index contributed by atoms with van der Waals surface area (Å²) in [4.78, 5) is 11.4. The van der Waals surface area contributed by atoms with Gasteiger partial charge in [-0.25, -0.2) is 5.10 Å². The van der Waals surface area contributed by atoms with Crippen LogP contribution < -0.4 is 11.0 Å². The van der Waals surface area contributed by atoms with Gasteiger partial charge < -0.3 is 0 Å². The largest absolute Gasteiger partial charge is 0.285 e. The maximum Gasteiger partial charge on any atom is 0.285 e. The number of H-pyrrole nitrogens is 1. The molecule has 0 saturated carbocycles. The smallest absolute Gasteiger partial charge is 0.275 e. The van der Waals surface area contributed by atoms with Gasteiger partial charge in [0, 0.05) is 5.02 Å². The summed E-state index contributed by atoms with van der Waals surface area (Å²) in [7, 11) is 0. The van der Waals surface area contributed by atoms with Gasteiger partial charge in [0.25, 0.3) is 5.56 Å². The van der Waals surface area contributed by atoms with Gasteiger partial charge in [0.15, 0.2) is 0 Å². The number of aromatic nitrogens is 2. The van der Waals surface area contributed by atoms with Crippen molar-refractivity contribution in [3.8, 4) is 0 Å². The van der Waals surface area contributed by atoms with Crippen molar-refractivity contribution in [2.75, 3.05) is 5.43 Å². The molecule has 1 aromatic heterocycles. The molecule has 110 valence electrons. The predicted molar refractivity (Wildman–Crippen MR) is 86.4 cm³/mol. The van der Waals surface area contributed by atoms with Crippen LogP contribution in [-0.4, -0.2) is 15.9 Å². The van der Waals surface area contributed by atoms with Crippen LogP contribution in [0.1, 0.15) is 25.3 Å². The third-order valence-corrected chi connectivity index (χ3v) is 3.40. The van der Waals surface area contributed by atoms with Crippen molar-refractivity contribution in [2.45, 2.75) is 19.8 Å². The first-order chi connectivity index (χ1) is 10.1. The second-order valence-corrected chi connectivity index (χ2v) is 5.17. The van der Waals surface area contributed by atoms with E-state index in [-0.39, 0.29) is 5.02 Å². The number of hydrogen-bond acceptors (Lipinski definition) is 4. The number of rotatable bonds is 5. The van der Waals surface area contributed by atoms with Gasteiger partial charge in [0.05, 0.1) is 11.9 Å². The third-order valence-electron chi connectivity index (χ3n) is 2.77. The zero-order valence-electron chi connectivity index (χ0n) is 11.4. The van der Waals surface area contributed by atoms with E-state index in [4.69, 9.17) is 23.2 Å². The second-order valence-electron chi connectivity index (χ2n) is 4.35. The normalized spacial score (nSPS) is 11.5. The highest BCUT2D eigenvalue weighted by Crippen LogP contribution is 2.16. The van der Waals surface area contributed by atoms with Crippen molar-refractivity contribution >= 4 is 34.6 Å². The van der Waals surface area contributed by atoms with Crippen LogP contribution in [0.15, 0.2) is 40.4 Å². The maximum atomic E-state index is 11.4. The highest BCUT2D eigenvalue weighted by molar-refractivity contribution is 6.33. The first kappa shape index (κ1) is 15.5. The minimum absolute atomic E-state index is 0.0284. The fourth-order valence-electron chi connectivity index (χ4n) is 1.73. The van der Waals surface area contributed by atoms with E-state index in [0.29, 0.717) is 10.7 Å². The van der Waals surface area contributed by atoms with Gasteiger partial charge >= 0.3 is 0 Å². The number of hydrazone groups is 1. The van der Waals surface area contributed by atoms with E-state index in [1.165, 1.54) is 6.20 Å². The van der Waals surface area contributed by atoms with E-state index in [2.05, 4.69) is 27.6 Å². The number of benzene rings is 1. The molecule has 0 radical (unpaired) electrons. The van der Waals surface area contributed by atoms with Crippen molar-refractivity contribution < 1.29 is 0 Å². The lowest BCUT2D eigenvalue weighted by molar-refractivity contribution is 0.977. The van der Waals surface area contributed by atoms with Crippen molar-refractivity contribution in [2.24, 2.45) is 5.10 Å². The second kappa shape index (κ2) is 7.24. The molecule has 0 aliphatic heterocycles. The molecule has 0 atom stereocenters. The van der Waals surface area contributed by atoms with Crippen LogP contribution in [-0.2, 0) is 0 Å². The average Bonchev–Trinajstić information content (AvgIpc) is 2.48.